The molecule has 3 heteroatoms. The number of methoxy groups -OCH3 is 1. The summed E-state index contributed by atoms with van der Waals surface area (Å²) in [6, 6.07) is 5.06. The lowest BCUT2D eigenvalue weighted by atomic mass is 10.3. The van der Waals surface area contributed by atoms with Gasteiger partial charge in [0.1, 0.15) is 11.6 Å². The topological polar surface area (TPSA) is 9.23 Å². The van der Waals surface area contributed by atoms with E-state index in [1.807, 2.05) is 0 Å². The van der Waals surface area contributed by atoms with Gasteiger partial charge in [-0.3, -0.25) is 0 Å². The van der Waals surface area contributed by atoms with Crippen LogP contribution in [0.15, 0.2) is 12.1 Å². The van der Waals surface area contributed by atoms with Crippen LogP contribution in [0.3, 0.4) is 0 Å². The molecule has 10 heavy (non-hydrogen) atoms. The highest BCUT2D eigenvalue weighted by atomic mass is 35.5. The van der Waals surface area contributed by atoms with Crippen LogP contribution in [-0.4, -0.2) is 7.11 Å². The second-order valence-electron chi connectivity index (χ2n) is 1.70. The number of hydrogen-bond acceptors (Lipinski definition) is 1. The van der Waals surface area contributed by atoms with Gasteiger partial charge in [-0.05, 0) is 6.07 Å². The maximum absolute atomic E-state index is 12.4. The zero-order valence-electron chi connectivity index (χ0n) is 5.32. The summed E-state index contributed by atoms with van der Waals surface area (Å²) in [5.74, 6) is -0.0473. The molecule has 0 atom stereocenters. The maximum Gasteiger partial charge on any atom is 0.142 e. The molecule has 0 saturated carbocycles. The molecule has 1 nitrogen and oxygen atoms in total. The predicted octanol–water partition coefficient (Wildman–Crippen LogP) is 2.29. The molecule has 0 aliphatic rings. The predicted molar refractivity (Wildman–Crippen MR) is 36.8 cm³/mol. The second-order valence-corrected chi connectivity index (χ2v) is 2.10. The highest BCUT2D eigenvalue weighted by Crippen LogP contribution is 2.19. The minimum atomic E-state index is -0.484. The lowest BCUT2D eigenvalue weighted by molar-refractivity contribution is 0.413. The molecule has 0 saturated heterocycles. The number of hydrogen-bond donors (Lipinski definition) is 0. The lowest BCUT2D eigenvalue weighted by Crippen LogP contribution is -1.83. The molecule has 0 fully saturated rings. The van der Waals surface area contributed by atoms with E-state index in [2.05, 4.69) is 6.07 Å². The van der Waals surface area contributed by atoms with E-state index in [1.165, 1.54) is 13.2 Å². The molecule has 0 heterocycles. The van der Waals surface area contributed by atoms with Crippen LogP contribution in [0.1, 0.15) is 0 Å². The molecule has 1 rings (SSSR count). The van der Waals surface area contributed by atoms with E-state index in [0.717, 1.165) is 6.07 Å². The van der Waals surface area contributed by atoms with Crippen LogP contribution in [0, 0.1) is 11.9 Å². The Labute approximate surface area is 63.4 Å². The molecular weight excluding hydrogens is 155 g/mol. The van der Waals surface area contributed by atoms with E-state index in [0.29, 0.717) is 5.75 Å². The van der Waals surface area contributed by atoms with Gasteiger partial charge >= 0.3 is 0 Å². The summed E-state index contributed by atoms with van der Waals surface area (Å²) in [4.78, 5) is 0. The Morgan fingerprint density at radius 2 is 2.40 bits per heavy atom. The normalized spacial score (nSPS) is 9.50. The van der Waals surface area contributed by atoms with Crippen molar-refractivity contribution in [3.63, 3.8) is 0 Å². The van der Waals surface area contributed by atoms with Crippen molar-refractivity contribution >= 4 is 11.6 Å². The van der Waals surface area contributed by atoms with E-state index in [9.17, 15) is 4.39 Å². The summed E-state index contributed by atoms with van der Waals surface area (Å²) in [6.45, 7) is 0. The molecule has 0 aliphatic heterocycles. The molecule has 53 valence electrons. The van der Waals surface area contributed by atoms with Crippen molar-refractivity contribution in [2.24, 2.45) is 0 Å². The van der Waals surface area contributed by atoms with Gasteiger partial charge in [-0.1, -0.05) is 11.6 Å². The molecule has 0 aliphatic carbocycles. The average molecular weight is 160 g/mol. The first-order valence-corrected chi connectivity index (χ1v) is 3.02. The molecule has 1 radical (unpaired) electrons. The molecular formula is C7H5ClFO. The number of halogens is 2. The Hall–Kier alpha value is -0.760. The van der Waals surface area contributed by atoms with E-state index >= 15 is 0 Å². The van der Waals surface area contributed by atoms with Crippen LogP contribution in [-0.2, 0) is 0 Å². The van der Waals surface area contributed by atoms with E-state index < -0.39 is 5.82 Å². The molecule has 0 spiro atoms. The van der Waals surface area contributed by atoms with Crippen molar-refractivity contribution in [1.29, 1.82) is 0 Å². The maximum atomic E-state index is 12.4. The quantitative estimate of drug-likeness (QED) is 0.611. The van der Waals surface area contributed by atoms with Crippen molar-refractivity contribution in [2.45, 2.75) is 0 Å². The Balaban J connectivity index is 3.04. The van der Waals surface area contributed by atoms with Crippen LogP contribution >= 0.6 is 11.6 Å². The van der Waals surface area contributed by atoms with Crippen LogP contribution in [0.25, 0.3) is 0 Å². The number of benzene rings is 1. The molecule has 1 aromatic rings. The first kappa shape index (κ1) is 7.35. The van der Waals surface area contributed by atoms with Crippen LogP contribution in [0.2, 0.25) is 5.02 Å². The zero-order valence-corrected chi connectivity index (χ0v) is 6.07. The van der Waals surface area contributed by atoms with Gasteiger partial charge in [-0.15, -0.1) is 0 Å². The van der Waals surface area contributed by atoms with Gasteiger partial charge in [-0.25, -0.2) is 4.39 Å². The molecule has 0 bridgehead atoms. The Morgan fingerprint density at radius 3 is 2.90 bits per heavy atom. The lowest BCUT2D eigenvalue weighted by Gasteiger charge is -1.98. The minimum Gasteiger partial charge on any atom is -0.496 e. The smallest absolute Gasteiger partial charge is 0.142 e. The Kier molecular flexibility index (Phi) is 2.12. The third-order valence-corrected chi connectivity index (χ3v) is 1.34. The number of rotatable bonds is 1. The monoisotopic (exact) mass is 159 g/mol. The van der Waals surface area contributed by atoms with Crippen molar-refractivity contribution in [1.82, 2.24) is 0 Å². The SMILES string of the molecule is COc1[c]cc(F)c(Cl)c1. The van der Waals surface area contributed by atoms with Crippen molar-refractivity contribution in [3.8, 4) is 5.75 Å². The molecule has 0 unspecified atom stereocenters. The van der Waals surface area contributed by atoms with Gasteiger partial charge in [0, 0.05) is 12.1 Å². The first-order valence-electron chi connectivity index (χ1n) is 2.65. The van der Waals surface area contributed by atoms with Crippen LogP contribution in [0.4, 0.5) is 4.39 Å². The van der Waals surface area contributed by atoms with Gasteiger partial charge in [0.25, 0.3) is 0 Å². The Bertz CT molecular complexity index is 237. The van der Waals surface area contributed by atoms with E-state index in [4.69, 9.17) is 16.3 Å². The van der Waals surface area contributed by atoms with Gasteiger partial charge in [-0.2, -0.15) is 0 Å². The van der Waals surface area contributed by atoms with Crippen molar-refractivity contribution in [2.75, 3.05) is 7.11 Å². The molecule has 0 aromatic heterocycles. The van der Waals surface area contributed by atoms with Crippen LogP contribution < -0.4 is 4.74 Å². The first-order chi connectivity index (χ1) is 4.74. The van der Waals surface area contributed by atoms with E-state index in [1.54, 1.807) is 0 Å². The Morgan fingerprint density at radius 1 is 1.70 bits per heavy atom. The summed E-state index contributed by atoms with van der Waals surface area (Å²) in [5, 5.41) is 0.0515. The fraction of sp³-hybridized carbons (Fsp3) is 0.143. The summed E-state index contributed by atoms with van der Waals surface area (Å²) < 4.78 is 17.2. The zero-order chi connectivity index (χ0) is 7.56. The fourth-order valence-corrected chi connectivity index (χ4v) is 0.701. The van der Waals surface area contributed by atoms with Gasteiger partial charge in [0.2, 0.25) is 0 Å². The number of ether oxygens (including phenoxy) is 1. The fourth-order valence-electron chi connectivity index (χ4n) is 0.547. The van der Waals surface area contributed by atoms with Gasteiger partial charge in [0.15, 0.2) is 0 Å². The van der Waals surface area contributed by atoms with Crippen molar-refractivity contribution in [3.05, 3.63) is 29.0 Å². The highest BCUT2D eigenvalue weighted by Gasteiger charge is 1.99. The molecule has 0 N–H and O–H groups in total. The highest BCUT2D eigenvalue weighted by molar-refractivity contribution is 6.30. The third-order valence-electron chi connectivity index (χ3n) is 1.05. The van der Waals surface area contributed by atoms with Crippen molar-refractivity contribution < 1.29 is 9.13 Å². The minimum absolute atomic E-state index is 0.0515. The summed E-state index contributed by atoms with van der Waals surface area (Å²) in [6.07, 6.45) is 0. The summed E-state index contributed by atoms with van der Waals surface area (Å²) in [7, 11) is 1.47. The summed E-state index contributed by atoms with van der Waals surface area (Å²) in [5.41, 5.74) is 0. The summed E-state index contributed by atoms with van der Waals surface area (Å²) >= 11 is 5.42. The second kappa shape index (κ2) is 2.88. The third kappa shape index (κ3) is 1.39. The van der Waals surface area contributed by atoms with E-state index in [-0.39, 0.29) is 5.02 Å². The standard InChI is InChI=1S/C7H5ClFO/c1-10-5-2-3-7(9)6(8)4-5/h3-4H,1H3. The average Bonchev–Trinajstić information content (AvgIpc) is 1.95. The molecule has 1 aromatic carbocycles. The van der Waals surface area contributed by atoms with Gasteiger partial charge in [0.05, 0.1) is 12.1 Å². The van der Waals surface area contributed by atoms with Gasteiger partial charge < -0.3 is 4.74 Å². The largest absolute Gasteiger partial charge is 0.496 e. The van der Waals surface area contributed by atoms with Crippen LogP contribution in [0.5, 0.6) is 5.75 Å². The molecule has 0 amide bonds.